The number of hydrogen-bond acceptors (Lipinski definition) is 4. The van der Waals surface area contributed by atoms with Crippen LogP contribution in [0.3, 0.4) is 0 Å². The molecule has 0 bridgehead atoms. The van der Waals surface area contributed by atoms with Gasteiger partial charge in [-0.05, 0) is 13.8 Å². The molecule has 0 aromatic rings. The molecule has 0 radical (unpaired) electrons. The van der Waals surface area contributed by atoms with Crippen LogP contribution in [0.5, 0.6) is 0 Å². The predicted octanol–water partition coefficient (Wildman–Crippen LogP) is 2.54. The van der Waals surface area contributed by atoms with E-state index in [9.17, 15) is 0 Å². The Morgan fingerprint density at radius 1 is 1.67 bits per heavy atom. The Morgan fingerprint density at radius 3 is 2.92 bits per heavy atom. The van der Waals surface area contributed by atoms with Crippen molar-refractivity contribution in [1.29, 1.82) is 0 Å². The Labute approximate surface area is 89.3 Å². The SMILES string of the molecule is CC1(C)OCC(CCOSI)O1. The van der Waals surface area contributed by atoms with Crippen molar-refractivity contribution in [2.75, 3.05) is 13.2 Å². The van der Waals surface area contributed by atoms with Crippen molar-refractivity contribution >= 4 is 30.4 Å². The van der Waals surface area contributed by atoms with Gasteiger partial charge in [0, 0.05) is 27.6 Å². The summed E-state index contributed by atoms with van der Waals surface area (Å²) in [4.78, 5) is 0. The summed E-state index contributed by atoms with van der Waals surface area (Å²) in [6.07, 6.45) is 1.10. The second kappa shape index (κ2) is 4.99. The Bertz CT molecular complexity index is 143. The van der Waals surface area contributed by atoms with Gasteiger partial charge in [-0.15, -0.1) is 0 Å². The van der Waals surface area contributed by atoms with Crippen LogP contribution < -0.4 is 0 Å². The quantitative estimate of drug-likeness (QED) is 0.453. The molecule has 1 atom stereocenters. The van der Waals surface area contributed by atoms with Gasteiger partial charge < -0.3 is 13.7 Å². The fourth-order valence-electron chi connectivity index (χ4n) is 1.12. The Hall–Kier alpha value is 0.960. The molecule has 1 fully saturated rings. The minimum Gasteiger partial charge on any atom is -0.348 e. The van der Waals surface area contributed by atoms with Crippen molar-refractivity contribution in [3.63, 3.8) is 0 Å². The van der Waals surface area contributed by atoms with Gasteiger partial charge in [0.15, 0.2) is 5.79 Å². The predicted molar refractivity (Wildman–Crippen MR) is 57.1 cm³/mol. The zero-order valence-corrected chi connectivity index (χ0v) is 10.2. The standard InChI is InChI=1S/C7H13IO3S/c1-7(2)9-5-6(11-7)3-4-10-12-8/h6H,3-5H2,1-2H3. The van der Waals surface area contributed by atoms with E-state index in [1.54, 1.807) is 0 Å². The van der Waals surface area contributed by atoms with Crippen LogP contribution in [0.15, 0.2) is 0 Å². The van der Waals surface area contributed by atoms with Crippen molar-refractivity contribution in [2.45, 2.75) is 32.2 Å². The Balaban J connectivity index is 2.11. The fourth-order valence-corrected chi connectivity index (χ4v) is 1.81. The first kappa shape index (κ1) is 11.0. The summed E-state index contributed by atoms with van der Waals surface area (Å²) in [7, 11) is 1.36. The first-order valence-corrected chi connectivity index (χ1v) is 7.14. The summed E-state index contributed by atoms with van der Waals surface area (Å²) in [6, 6.07) is 0. The molecule has 0 spiro atoms. The summed E-state index contributed by atoms with van der Waals surface area (Å²) >= 11 is 2.10. The maximum absolute atomic E-state index is 5.58. The van der Waals surface area contributed by atoms with E-state index in [-0.39, 0.29) is 6.10 Å². The molecule has 1 heterocycles. The van der Waals surface area contributed by atoms with Crippen LogP contribution in [0.2, 0.25) is 0 Å². The smallest absolute Gasteiger partial charge is 0.163 e. The van der Waals surface area contributed by atoms with E-state index < -0.39 is 5.79 Å². The lowest BCUT2D eigenvalue weighted by atomic mass is 10.3. The van der Waals surface area contributed by atoms with Gasteiger partial charge in [-0.1, -0.05) is 0 Å². The van der Waals surface area contributed by atoms with Gasteiger partial charge in [0.25, 0.3) is 0 Å². The van der Waals surface area contributed by atoms with Gasteiger partial charge in [0.05, 0.1) is 28.5 Å². The maximum atomic E-state index is 5.58. The van der Waals surface area contributed by atoms with E-state index in [1.807, 2.05) is 13.8 Å². The molecule has 1 aliphatic rings. The average molecular weight is 304 g/mol. The van der Waals surface area contributed by atoms with E-state index >= 15 is 0 Å². The van der Waals surface area contributed by atoms with Gasteiger partial charge in [-0.25, -0.2) is 0 Å². The van der Waals surface area contributed by atoms with E-state index in [4.69, 9.17) is 13.7 Å². The van der Waals surface area contributed by atoms with Gasteiger partial charge in [0.1, 0.15) is 0 Å². The van der Waals surface area contributed by atoms with Crippen molar-refractivity contribution in [2.24, 2.45) is 0 Å². The highest BCUT2D eigenvalue weighted by Gasteiger charge is 2.32. The summed E-state index contributed by atoms with van der Waals surface area (Å²) in [5, 5.41) is 0. The summed E-state index contributed by atoms with van der Waals surface area (Å²) in [5.41, 5.74) is 0. The number of ether oxygens (including phenoxy) is 2. The minimum absolute atomic E-state index is 0.198. The van der Waals surface area contributed by atoms with E-state index in [0.29, 0.717) is 6.61 Å². The lowest BCUT2D eigenvalue weighted by Gasteiger charge is -2.16. The molecule has 72 valence electrons. The van der Waals surface area contributed by atoms with Crippen LogP contribution in [-0.2, 0) is 13.7 Å². The first-order chi connectivity index (χ1) is 5.64. The lowest BCUT2D eigenvalue weighted by molar-refractivity contribution is -0.139. The molecule has 5 heteroatoms. The van der Waals surface area contributed by atoms with Gasteiger partial charge in [-0.2, -0.15) is 0 Å². The highest BCUT2D eigenvalue weighted by molar-refractivity contribution is 14.2. The third-order valence-electron chi connectivity index (χ3n) is 1.64. The minimum atomic E-state index is -0.401. The zero-order chi connectivity index (χ0) is 9.03. The maximum Gasteiger partial charge on any atom is 0.163 e. The topological polar surface area (TPSA) is 27.7 Å². The van der Waals surface area contributed by atoms with Crippen LogP contribution in [0, 0.1) is 0 Å². The molecular formula is C7H13IO3S. The summed E-state index contributed by atoms with van der Waals surface area (Å²) in [6.45, 7) is 5.27. The Kier molecular flexibility index (Phi) is 4.59. The van der Waals surface area contributed by atoms with Crippen molar-refractivity contribution in [3.8, 4) is 0 Å². The van der Waals surface area contributed by atoms with Gasteiger partial charge in [0.2, 0.25) is 0 Å². The first-order valence-electron chi connectivity index (χ1n) is 3.86. The van der Waals surface area contributed by atoms with Gasteiger partial charge >= 0.3 is 0 Å². The normalized spacial score (nSPS) is 27.8. The molecule has 0 saturated carbocycles. The monoisotopic (exact) mass is 304 g/mol. The molecular weight excluding hydrogens is 291 g/mol. The van der Waals surface area contributed by atoms with E-state index in [0.717, 1.165) is 13.0 Å². The van der Waals surface area contributed by atoms with Crippen molar-refractivity contribution < 1.29 is 13.7 Å². The van der Waals surface area contributed by atoms with Crippen LogP contribution in [0.4, 0.5) is 0 Å². The van der Waals surface area contributed by atoms with Crippen LogP contribution >= 0.6 is 30.4 Å². The van der Waals surface area contributed by atoms with E-state index in [1.165, 1.54) is 9.21 Å². The van der Waals surface area contributed by atoms with Crippen LogP contribution in [-0.4, -0.2) is 25.1 Å². The third kappa shape index (κ3) is 3.78. The fraction of sp³-hybridized carbons (Fsp3) is 1.00. The van der Waals surface area contributed by atoms with Crippen molar-refractivity contribution in [1.82, 2.24) is 0 Å². The molecule has 0 aromatic carbocycles. The molecule has 0 aromatic heterocycles. The summed E-state index contributed by atoms with van der Waals surface area (Å²) < 4.78 is 16.1. The highest BCUT2D eigenvalue weighted by atomic mass is 127. The lowest BCUT2D eigenvalue weighted by Crippen LogP contribution is -2.21. The second-order valence-electron chi connectivity index (χ2n) is 3.12. The molecule has 1 saturated heterocycles. The number of hydrogen-bond donors (Lipinski definition) is 0. The second-order valence-corrected chi connectivity index (χ2v) is 4.56. The van der Waals surface area contributed by atoms with Crippen LogP contribution in [0.1, 0.15) is 20.3 Å². The van der Waals surface area contributed by atoms with Crippen LogP contribution in [0.25, 0.3) is 0 Å². The molecule has 0 N–H and O–H groups in total. The van der Waals surface area contributed by atoms with Crippen molar-refractivity contribution in [3.05, 3.63) is 0 Å². The molecule has 3 nitrogen and oxygen atoms in total. The van der Waals surface area contributed by atoms with E-state index in [2.05, 4.69) is 21.2 Å². The summed E-state index contributed by atoms with van der Waals surface area (Å²) in [5.74, 6) is -0.401. The average Bonchev–Trinajstić information content (AvgIpc) is 2.31. The molecule has 0 amide bonds. The third-order valence-corrected chi connectivity index (χ3v) is 2.65. The number of halogens is 1. The molecule has 1 unspecified atom stereocenters. The van der Waals surface area contributed by atoms with Gasteiger partial charge in [-0.3, -0.25) is 0 Å². The Morgan fingerprint density at radius 2 is 2.42 bits per heavy atom. The molecule has 1 aliphatic heterocycles. The highest BCUT2D eigenvalue weighted by Crippen LogP contribution is 2.24. The largest absolute Gasteiger partial charge is 0.348 e. The molecule has 12 heavy (non-hydrogen) atoms. The molecule has 1 rings (SSSR count). The molecule has 0 aliphatic carbocycles. The number of rotatable bonds is 4. The zero-order valence-electron chi connectivity index (χ0n) is 7.21.